The predicted molar refractivity (Wildman–Crippen MR) is 61.8 cm³/mol. The Kier molecular flexibility index (Phi) is 19.5. The number of benzene rings is 1. The summed E-state index contributed by atoms with van der Waals surface area (Å²) in [5, 5.41) is 0. The van der Waals surface area contributed by atoms with E-state index in [2.05, 4.69) is 9.47 Å². The monoisotopic (exact) mass is 226 g/mol. The molecule has 0 heterocycles. The van der Waals surface area contributed by atoms with Gasteiger partial charge >= 0.3 is 0 Å². The first-order valence-corrected chi connectivity index (χ1v) is 4.93. The van der Waals surface area contributed by atoms with Gasteiger partial charge in [0.2, 0.25) is 0 Å². The van der Waals surface area contributed by atoms with Gasteiger partial charge < -0.3 is 9.47 Å². The van der Waals surface area contributed by atoms with Crippen molar-refractivity contribution in [2.24, 2.45) is 0 Å². The molecule has 0 saturated heterocycles. The van der Waals surface area contributed by atoms with Gasteiger partial charge in [0.25, 0.3) is 12.9 Å². The van der Waals surface area contributed by atoms with E-state index in [9.17, 15) is 9.59 Å². The van der Waals surface area contributed by atoms with Crippen LogP contribution in [0.1, 0.15) is 13.8 Å². The molecule has 0 aliphatic heterocycles. The summed E-state index contributed by atoms with van der Waals surface area (Å²) in [6.45, 7) is 5.33. The van der Waals surface area contributed by atoms with Gasteiger partial charge in [0.15, 0.2) is 0 Å². The zero-order valence-electron chi connectivity index (χ0n) is 9.67. The van der Waals surface area contributed by atoms with Crippen molar-refractivity contribution in [1.82, 2.24) is 0 Å². The molecule has 16 heavy (non-hydrogen) atoms. The topological polar surface area (TPSA) is 52.6 Å². The second kappa shape index (κ2) is 18.9. The summed E-state index contributed by atoms with van der Waals surface area (Å²) in [6.07, 6.45) is 0. The number of hydrogen-bond donors (Lipinski definition) is 0. The van der Waals surface area contributed by atoms with Crippen LogP contribution in [-0.4, -0.2) is 26.2 Å². The lowest BCUT2D eigenvalue weighted by Crippen LogP contribution is -1.80. The van der Waals surface area contributed by atoms with Crippen molar-refractivity contribution in [2.75, 3.05) is 13.2 Å². The van der Waals surface area contributed by atoms with Crippen LogP contribution >= 0.6 is 0 Å². The molecule has 0 spiro atoms. The number of hydrogen-bond acceptors (Lipinski definition) is 4. The van der Waals surface area contributed by atoms with Crippen molar-refractivity contribution in [1.29, 1.82) is 0 Å². The molecule has 4 heteroatoms. The van der Waals surface area contributed by atoms with Crippen LogP contribution < -0.4 is 0 Å². The molecule has 90 valence electrons. The van der Waals surface area contributed by atoms with Gasteiger partial charge in [0.05, 0.1) is 13.2 Å². The molecule has 0 aromatic heterocycles. The van der Waals surface area contributed by atoms with Crippen molar-refractivity contribution >= 4 is 12.9 Å². The molecule has 0 amide bonds. The lowest BCUT2D eigenvalue weighted by molar-refractivity contribution is -0.129. The Morgan fingerprint density at radius 1 is 0.750 bits per heavy atom. The first-order valence-electron chi connectivity index (χ1n) is 4.93. The SMILES string of the molecule is CCOC=O.CCOC=O.c1ccccc1. The highest BCUT2D eigenvalue weighted by Gasteiger charge is 1.61. The smallest absolute Gasteiger partial charge is 0.293 e. The van der Waals surface area contributed by atoms with Gasteiger partial charge in [-0.05, 0) is 13.8 Å². The summed E-state index contributed by atoms with van der Waals surface area (Å²) in [7, 11) is 0. The number of carbonyl (C=O) groups is 2. The Morgan fingerprint density at radius 2 is 1.00 bits per heavy atom. The Bertz CT molecular complexity index is 187. The quantitative estimate of drug-likeness (QED) is 0.737. The second-order valence-corrected chi connectivity index (χ2v) is 2.26. The standard InChI is InChI=1S/C6H6.2C3H6O2/c1-2-4-6-5-3-1;2*1-2-5-3-4/h1-6H;2*3H,2H2,1H3. The average Bonchev–Trinajstić information content (AvgIpc) is 2.35. The first-order chi connectivity index (χ1) is 7.83. The van der Waals surface area contributed by atoms with Gasteiger partial charge in [-0.25, -0.2) is 0 Å². The normalized spacial score (nSPS) is 7.12. The summed E-state index contributed by atoms with van der Waals surface area (Å²) in [5.74, 6) is 0. The summed E-state index contributed by atoms with van der Waals surface area (Å²) < 4.78 is 8.31. The zero-order valence-corrected chi connectivity index (χ0v) is 9.67. The van der Waals surface area contributed by atoms with Gasteiger partial charge in [-0.2, -0.15) is 0 Å². The highest BCUT2D eigenvalue weighted by atomic mass is 16.5. The molecular formula is C12H18O4. The van der Waals surface area contributed by atoms with E-state index in [4.69, 9.17) is 0 Å². The fraction of sp³-hybridized carbons (Fsp3) is 0.333. The van der Waals surface area contributed by atoms with E-state index < -0.39 is 0 Å². The van der Waals surface area contributed by atoms with Crippen LogP contribution in [0.25, 0.3) is 0 Å². The molecule has 0 atom stereocenters. The molecule has 0 fully saturated rings. The Balaban J connectivity index is 0. The molecule has 0 unspecified atom stereocenters. The maximum absolute atomic E-state index is 9.18. The molecule has 0 aliphatic carbocycles. The summed E-state index contributed by atoms with van der Waals surface area (Å²) in [4.78, 5) is 18.4. The molecule has 0 saturated carbocycles. The number of carbonyl (C=O) groups excluding carboxylic acids is 2. The largest absolute Gasteiger partial charge is 0.468 e. The molecule has 0 aliphatic rings. The van der Waals surface area contributed by atoms with E-state index >= 15 is 0 Å². The average molecular weight is 226 g/mol. The van der Waals surface area contributed by atoms with Crippen LogP contribution in [0.3, 0.4) is 0 Å². The third kappa shape index (κ3) is 22.7. The molecular weight excluding hydrogens is 208 g/mol. The third-order valence-electron chi connectivity index (χ3n) is 1.14. The Morgan fingerprint density at radius 3 is 1.06 bits per heavy atom. The number of rotatable bonds is 4. The van der Waals surface area contributed by atoms with Crippen molar-refractivity contribution < 1.29 is 19.1 Å². The van der Waals surface area contributed by atoms with E-state index in [1.54, 1.807) is 13.8 Å². The van der Waals surface area contributed by atoms with Gasteiger partial charge in [-0.15, -0.1) is 0 Å². The minimum Gasteiger partial charge on any atom is -0.468 e. The molecule has 0 bridgehead atoms. The summed E-state index contributed by atoms with van der Waals surface area (Å²) in [5.41, 5.74) is 0. The predicted octanol–water partition coefficient (Wildman–Crippen LogP) is 2.05. The van der Waals surface area contributed by atoms with Crippen molar-refractivity contribution in [3.8, 4) is 0 Å². The van der Waals surface area contributed by atoms with Crippen LogP contribution in [0.2, 0.25) is 0 Å². The van der Waals surface area contributed by atoms with E-state index in [-0.39, 0.29) is 0 Å². The minimum absolute atomic E-state index is 0.431. The fourth-order valence-corrected chi connectivity index (χ4v) is 0.521. The lowest BCUT2D eigenvalue weighted by Gasteiger charge is -1.79. The zero-order chi connectivity index (χ0) is 12.5. The van der Waals surface area contributed by atoms with E-state index in [1.807, 2.05) is 36.4 Å². The lowest BCUT2D eigenvalue weighted by atomic mass is 10.4. The van der Waals surface area contributed by atoms with Crippen molar-refractivity contribution in [2.45, 2.75) is 13.8 Å². The molecule has 1 aromatic rings. The fourth-order valence-electron chi connectivity index (χ4n) is 0.521. The van der Waals surface area contributed by atoms with Gasteiger partial charge in [-0.3, -0.25) is 9.59 Å². The molecule has 1 aromatic carbocycles. The third-order valence-corrected chi connectivity index (χ3v) is 1.14. The van der Waals surface area contributed by atoms with Crippen LogP contribution in [0.15, 0.2) is 36.4 Å². The molecule has 1 rings (SSSR count). The van der Waals surface area contributed by atoms with Crippen molar-refractivity contribution in [3.05, 3.63) is 36.4 Å². The number of ether oxygens (including phenoxy) is 2. The molecule has 4 nitrogen and oxygen atoms in total. The van der Waals surface area contributed by atoms with Crippen LogP contribution in [0, 0.1) is 0 Å². The van der Waals surface area contributed by atoms with Crippen LogP contribution in [-0.2, 0) is 19.1 Å². The van der Waals surface area contributed by atoms with E-state index in [1.165, 1.54) is 0 Å². The summed E-state index contributed by atoms with van der Waals surface area (Å²) in [6, 6.07) is 12.0. The van der Waals surface area contributed by atoms with Crippen molar-refractivity contribution in [3.63, 3.8) is 0 Å². The minimum atomic E-state index is 0.431. The van der Waals surface area contributed by atoms with Crippen LogP contribution in [0.4, 0.5) is 0 Å². The first kappa shape index (κ1) is 16.6. The van der Waals surface area contributed by atoms with Gasteiger partial charge in [-0.1, -0.05) is 36.4 Å². The maximum atomic E-state index is 9.18. The second-order valence-electron chi connectivity index (χ2n) is 2.26. The highest BCUT2D eigenvalue weighted by molar-refractivity contribution is 5.36. The maximum Gasteiger partial charge on any atom is 0.293 e. The van der Waals surface area contributed by atoms with Crippen LogP contribution in [0.5, 0.6) is 0 Å². The van der Waals surface area contributed by atoms with E-state index in [0.29, 0.717) is 26.2 Å². The Hall–Kier alpha value is -1.84. The van der Waals surface area contributed by atoms with Gasteiger partial charge in [0, 0.05) is 0 Å². The molecule has 0 radical (unpaired) electrons. The van der Waals surface area contributed by atoms with E-state index in [0.717, 1.165) is 0 Å². The molecule has 0 N–H and O–H groups in total. The Labute approximate surface area is 96.2 Å². The van der Waals surface area contributed by atoms with Gasteiger partial charge in [0.1, 0.15) is 0 Å². The highest BCUT2D eigenvalue weighted by Crippen LogP contribution is 1.79. The summed E-state index contributed by atoms with van der Waals surface area (Å²) >= 11 is 0.